The van der Waals surface area contributed by atoms with Crippen LogP contribution in [0.3, 0.4) is 0 Å². The minimum absolute atomic E-state index is 0.0283. The first-order valence-corrected chi connectivity index (χ1v) is 10.9. The number of rotatable bonds is 5. The average molecular weight is 498 g/mol. The van der Waals surface area contributed by atoms with E-state index in [-0.39, 0.29) is 30.1 Å². The highest BCUT2D eigenvalue weighted by Gasteiger charge is 2.38. The summed E-state index contributed by atoms with van der Waals surface area (Å²) in [7, 11) is 1.29. The predicted octanol–water partition coefficient (Wildman–Crippen LogP) is 4.57. The SMILES string of the molecule is COc1c(C(=O)O)ccc(-c2ccccc2)c1N1CCN(C(=O)c2ccccc2C(F)(F)F)CC1=O. The van der Waals surface area contributed by atoms with Gasteiger partial charge in [0.1, 0.15) is 12.1 Å². The molecule has 0 spiro atoms. The van der Waals surface area contributed by atoms with Gasteiger partial charge in [0.15, 0.2) is 5.75 Å². The number of benzene rings is 3. The number of hydrogen-bond donors (Lipinski definition) is 1. The summed E-state index contributed by atoms with van der Waals surface area (Å²) in [6.45, 7) is -0.622. The van der Waals surface area contributed by atoms with Gasteiger partial charge in [0.05, 0.1) is 23.9 Å². The number of nitrogens with zero attached hydrogens (tertiary/aromatic N) is 2. The second kappa shape index (κ2) is 9.73. The van der Waals surface area contributed by atoms with Crippen LogP contribution < -0.4 is 9.64 Å². The molecule has 0 aliphatic carbocycles. The Hall–Kier alpha value is -4.34. The number of carbonyl (C=O) groups is 3. The lowest BCUT2D eigenvalue weighted by Gasteiger charge is -2.36. The Kier molecular flexibility index (Phi) is 6.69. The van der Waals surface area contributed by atoms with Crippen molar-refractivity contribution in [1.82, 2.24) is 4.90 Å². The van der Waals surface area contributed by atoms with Crippen molar-refractivity contribution >= 4 is 23.5 Å². The van der Waals surface area contributed by atoms with Crippen molar-refractivity contribution in [3.63, 3.8) is 0 Å². The van der Waals surface area contributed by atoms with Crippen molar-refractivity contribution in [2.75, 3.05) is 31.6 Å². The standard InChI is InChI=1S/C26H21F3N2O5/c1-36-23-19(25(34)35)12-11-17(16-7-3-2-4-8-16)22(23)31-14-13-30(15-21(31)32)24(33)18-9-5-6-10-20(18)26(27,28)29/h2-12H,13-15H2,1H3,(H,34,35). The van der Waals surface area contributed by atoms with Crippen LogP contribution in [-0.2, 0) is 11.0 Å². The summed E-state index contributed by atoms with van der Waals surface area (Å²) < 4.78 is 45.7. The zero-order valence-electron chi connectivity index (χ0n) is 19.1. The van der Waals surface area contributed by atoms with E-state index in [2.05, 4.69) is 0 Å². The Morgan fingerprint density at radius 3 is 2.19 bits per heavy atom. The van der Waals surface area contributed by atoms with Gasteiger partial charge in [-0.15, -0.1) is 0 Å². The second-order valence-electron chi connectivity index (χ2n) is 8.03. The molecule has 7 nitrogen and oxygen atoms in total. The molecule has 0 radical (unpaired) electrons. The molecule has 1 aliphatic heterocycles. The van der Waals surface area contributed by atoms with Gasteiger partial charge in [0.25, 0.3) is 5.91 Å². The zero-order chi connectivity index (χ0) is 26.0. The normalized spacial score (nSPS) is 14.1. The molecule has 1 heterocycles. The summed E-state index contributed by atoms with van der Waals surface area (Å²) in [6, 6.07) is 16.3. The van der Waals surface area contributed by atoms with Crippen molar-refractivity contribution in [3.05, 3.63) is 83.4 Å². The van der Waals surface area contributed by atoms with Crippen LogP contribution in [0.25, 0.3) is 11.1 Å². The highest BCUT2D eigenvalue weighted by atomic mass is 19.4. The molecule has 0 unspecified atom stereocenters. The van der Waals surface area contributed by atoms with Crippen molar-refractivity contribution in [1.29, 1.82) is 0 Å². The van der Waals surface area contributed by atoms with Crippen molar-refractivity contribution in [2.24, 2.45) is 0 Å². The third kappa shape index (κ3) is 4.61. The molecule has 0 aromatic heterocycles. The smallest absolute Gasteiger partial charge is 0.417 e. The van der Waals surface area contributed by atoms with Gasteiger partial charge in [-0.2, -0.15) is 13.2 Å². The molecule has 36 heavy (non-hydrogen) atoms. The fourth-order valence-corrected chi connectivity index (χ4v) is 4.23. The van der Waals surface area contributed by atoms with Gasteiger partial charge in [-0.3, -0.25) is 9.59 Å². The Labute approximate surface area is 204 Å². The van der Waals surface area contributed by atoms with E-state index in [0.29, 0.717) is 11.1 Å². The average Bonchev–Trinajstić information content (AvgIpc) is 2.87. The van der Waals surface area contributed by atoms with Crippen LogP contribution in [0, 0.1) is 0 Å². The van der Waals surface area contributed by atoms with Crippen LogP contribution in [0.15, 0.2) is 66.7 Å². The van der Waals surface area contributed by atoms with E-state index in [0.717, 1.165) is 17.0 Å². The van der Waals surface area contributed by atoms with Crippen molar-refractivity contribution < 1.29 is 37.4 Å². The third-order valence-electron chi connectivity index (χ3n) is 5.89. The monoisotopic (exact) mass is 498 g/mol. The quantitative estimate of drug-likeness (QED) is 0.557. The number of hydrogen-bond acceptors (Lipinski definition) is 4. The Morgan fingerprint density at radius 2 is 1.58 bits per heavy atom. The highest BCUT2D eigenvalue weighted by molar-refractivity contribution is 6.07. The maximum Gasteiger partial charge on any atom is 0.417 e. The number of carboxylic acid groups (broad SMARTS) is 1. The van der Waals surface area contributed by atoms with E-state index in [1.54, 1.807) is 36.4 Å². The lowest BCUT2D eigenvalue weighted by molar-refractivity contribution is -0.138. The lowest BCUT2D eigenvalue weighted by Crippen LogP contribution is -2.52. The number of carboxylic acids is 1. The largest absolute Gasteiger partial charge is 0.494 e. The number of methoxy groups -OCH3 is 1. The molecular weight excluding hydrogens is 477 g/mol. The molecule has 1 N–H and O–H groups in total. The number of aromatic carboxylic acids is 1. The van der Waals surface area contributed by atoms with Gasteiger partial charge in [-0.1, -0.05) is 48.5 Å². The van der Waals surface area contributed by atoms with Gasteiger partial charge < -0.3 is 19.6 Å². The maximum absolute atomic E-state index is 13.4. The molecule has 3 aromatic carbocycles. The van der Waals surface area contributed by atoms with E-state index in [1.165, 1.54) is 30.2 Å². The molecule has 3 aromatic rings. The van der Waals surface area contributed by atoms with Crippen molar-refractivity contribution in [3.8, 4) is 16.9 Å². The fourth-order valence-electron chi connectivity index (χ4n) is 4.23. The van der Waals surface area contributed by atoms with Crippen molar-refractivity contribution in [2.45, 2.75) is 6.18 Å². The molecule has 0 bridgehead atoms. The predicted molar refractivity (Wildman–Crippen MR) is 125 cm³/mol. The minimum atomic E-state index is -4.73. The Bertz CT molecular complexity index is 1320. The van der Waals surface area contributed by atoms with Gasteiger partial charge in [-0.25, -0.2) is 4.79 Å². The first-order valence-electron chi connectivity index (χ1n) is 10.9. The van der Waals surface area contributed by atoms with E-state index in [4.69, 9.17) is 4.74 Å². The molecule has 1 aliphatic rings. The van der Waals surface area contributed by atoms with Crippen LogP contribution in [-0.4, -0.2) is 54.5 Å². The number of piperazine rings is 1. The summed E-state index contributed by atoms with van der Waals surface area (Å²) in [5, 5.41) is 9.65. The summed E-state index contributed by atoms with van der Waals surface area (Å²) in [4.78, 5) is 40.4. The van der Waals surface area contributed by atoms with Gasteiger partial charge in [-0.05, 0) is 23.8 Å². The Balaban J connectivity index is 1.71. The fraction of sp³-hybridized carbons (Fsp3) is 0.192. The number of carbonyl (C=O) groups excluding carboxylic acids is 2. The number of amides is 2. The first-order chi connectivity index (χ1) is 17.1. The topological polar surface area (TPSA) is 87.2 Å². The maximum atomic E-state index is 13.4. The third-order valence-corrected chi connectivity index (χ3v) is 5.89. The molecular formula is C26H21F3N2O5. The number of alkyl halides is 3. The molecule has 0 saturated carbocycles. The highest BCUT2D eigenvalue weighted by Crippen LogP contribution is 2.42. The summed E-state index contributed by atoms with van der Waals surface area (Å²) in [5.41, 5.74) is -0.316. The second-order valence-corrected chi connectivity index (χ2v) is 8.03. The summed E-state index contributed by atoms with van der Waals surface area (Å²) in [6.07, 6.45) is -4.73. The minimum Gasteiger partial charge on any atom is -0.494 e. The van der Waals surface area contributed by atoms with Crippen LogP contribution in [0.1, 0.15) is 26.3 Å². The van der Waals surface area contributed by atoms with E-state index in [9.17, 15) is 32.7 Å². The van der Waals surface area contributed by atoms with Crippen LogP contribution >= 0.6 is 0 Å². The van der Waals surface area contributed by atoms with Gasteiger partial charge >= 0.3 is 12.1 Å². The molecule has 10 heteroatoms. The van der Waals surface area contributed by atoms with Crippen LogP contribution in [0.2, 0.25) is 0 Å². The lowest BCUT2D eigenvalue weighted by atomic mass is 9.98. The molecule has 186 valence electrons. The summed E-state index contributed by atoms with van der Waals surface area (Å²) >= 11 is 0. The molecule has 1 saturated heterocycles. The van der Waals surface area contributed by atoms with Gasteiger partial charge in [0.2, 0.25) is 5.91 Å². The van der Waals surface area contributed by atoms with Crippen LogP contribution in [0.4, 0.5) is 18.9 Å². The van der Waals surface area contributed by atoms with E-state index < -0.39 is 41.6 Å². The van der Waals surface area contributed by atoms with E-state index >= 15 is 0 Å². The Morgan fingerprint density at radius 1 is 0.917 bits per heavy atom. The molecule has 1 fully saturated rings. The first kappa shape index (κ1) is 24.8. The number of ether oxygens (including phenoxy) is 1. The number of anilines is 1. The molecule has 2 amide bonds. The summed E-state index contributed by atoms with van der Waals surface area (Å²) in [5.74, 6) is -2.78. The van der Waals surface area contributed by atoms with Crippen LogP contribution in [0.5, 0.6) is 5.75 Å². The number of halogens is 3. The van der Waals surface area contributed by atoms with E-state index in [1.807, 2.05) is 0 Å². The molecule has 0 atom stereocenters. The molecule has 4 rings (SSSR count). The van der Waals surface area contributed by atoms with Gasteiger partial charge in [0, 0.05) is 18.7 Å². The zero-order valence-corrected chi connectivity index (χ0v) is 19.1.